The fourth-order valence-corrected chi connectivity index (χ4v) is 1.93. The summed E-state index contributed by atoms with van der Waals surface area (Å²) in [6.07, 6.45) is 7.12. The third-order valence-corrected chi connectivity index (χ3v) is 2.95. The third-order valence-electron chi connectivity index (χ3n) is 2.95. The summed E-state index contributed by atoms with van der Waals surface area (Å²) in [5, 5.41) is 9.76. The van der Waals surface area contributed by atoms with Gasteiger partial charge in [-0.2, -0.15) is 5.10 Å². The maximum atomic E-state index is 12.0. The largest absolute Gasteiger partial charge is 0.349 e. The fourth-order valence-electron chi connectivity index (χ4n) is 1.93. The van der Waals surface area contributed by atoms with Crippen molar-refractivity contribution in [3.8, 4) is 0 Å². The molecule has 0 aliphatic carbocycles. The van der Waals surface area contributed by atoms with Crippen LogP contribution in [0.5, 0.6) is 0 Å². The Kier molecular flexibility index (Phi) is 5.73. The predicted molar refractivity (Wildman–Crippen MR) is 69.0 cm³/mol. The van der Waals surface area contributed by atoms with Gasteiger partial charge in [0.1, 0.15) is 0 Å². The van der Waals surface area contributed by atoms with Crippen molar-refractivity contribution in [3.63, 3.8) is 0 Å². The Morgan fingerprint density at radius 1 is 1.41 bits per heavy atom. The van der Waals surface area contributed by atoms with Crippen molar-refractivity contribution < 1.29 is 4.79 Å². The Balaban J connectivity index is 2.54. The smallest absolute Gasteiger partial charge is 0.254 e. The van der Waals surface area contributed by atoms with Gasteiger partial charge in [0.05, 0.1) is 11.8 Å². The Morgan fingerprint density at radius 3 is 2.71 bits per heavy atom. The van der Waals surface area contributed by atoms with Gasteiger partial charge < -0.3 is 5.32 Å². The molecule has 0 saturated heterocycles. The quantitative estimate of drug-likeness (QED) is 0.766. The minimum atomic E-state index is -0.00852. The van der Waals surface area contributed by atoms with Gasteiger partial charge in [0.25, 0.3) is 5.91 Å². The van der Waals surface area contributed by atoms with Gasteiger partial charge in [-0.15, -0.1) is 0 Å². The van der Waals surface area contributed by atoms with Crippen molar-refractivity contribution in [1.82, 2.24) is 15.5 Å². The van der Waals surface area contributed by atoms with Gasteiger partial charge in [-0.05, 0) is 19.8 Å². The Morgan fingerprint density at radius 2 is 2.18 bits per heavy atom. The topological polar surface area (TPSA) is 57.8 Å². The number of unbranched alkanes of at least 4 members (excludes halogenated alkanes) is 1. The van der Waals surface area contributed by atoms with E-state index in [9.17, 15) is 4.79 Å². The zero-order chi connectivity index (χ0) is 12.7. The molecule has 1 aromatic rings. The van der Waals surface area contributed by atoms with E-state index in [2.05, 4.69) is 29.4 Å². The van der Waals surface area contributed by atoms with E-state index in [0.717, 1.165) is 31.4 Å². The van der Waals surface area contributed by atoms with Crippen LogP contribution in [0.25, 0.3) is 0 Å². The lowest BCUT2D eigenvalue weighted by Gasteiger charge is -2.17. The van der Waals surface area contributed by atoms with Crippen molar-refractivity contribution in [2.45, 2.75) is 58.9 Å². The van der Waals surface area contributed by atoms with Crippen LogP contribution in [-0.2, 0) is 0 Å². The number of aryl methyl sites for hydroxylation is 1. The summed E-state index contributed by atoms with van der Waals surface area (Å²) >= 11 is 0. The lowest BCUT2D eigenvalue weighted by Crippen LogP contribution is -2.34. The van der Waals surface area contributed by atoms with Crippen molar-refractivity contribution in [1.29, 1.82) is 0 Å². The molecule has 1 atom stereocenters. The molecule has 0 spiro atoms. The third kappa shape index (κ3) is 4.21. The van der Waals surface area contributed by atoms with E-state index in [1.54, 1.807) is 6.20 Å². The predicted octanol–water partition coefficient (Wildman–Crippen LogP) is 2.81. The molecule has 4 nitrogen and oxygen atoms in total. The monoisotopic (exact) mass is 237 g/mol. The van der Waals surface area contributed by atoms with E-state index >= 15 is 0 Å². The number of nitrogens with zero attached hydrogens (tertiary/aromatic N) is 1. The summed E-state index contributed by atoms with van der Waals surface area (Å²) < 4.78 is 0. The second-order valence-electron chi connectivity index (χ2n) is 4.51. The number of hydrogen-bond acceptors (Lipinski definition) is 2. The van der Waals surface area contributed by atoms with Gasteiger partial charge in [0.15, 0.2) is 0 Å². The maximum Gasteiger partial charge on any atom is 0.254 e. The van der Waals surface area contributed by atoms with Gasteiger partial charge in [-0.1, -0.05) is 33.1 Å². The van der Waals surface area contributed by atoms with E-state index in [4.69, 9.17) is 0 Å². The molecule has 96 valence electrons. The van der Waals surface area contributed by atoms with Crippen LogP contribution in [0.15, 0.2) is 6.20 Å². The minimum Gasteiger partial charge on any atom is -0.349 e. The van der Waals surface area contributed by atoms with E-state index in [1.165, 1.54) is 6.42 Å². The molecule has 1 rings (SSSR count). The van der Waals surface area contributed by atoms with Crippen LogP contribution in [0.4, 0.5) is 0 Å². The first-order chi connectivity index (χ1) is 8.19. The average molecular weight is 237 g/mol. The number of amides is 1. The highest BCUT2D eigenvalue weighted by atomic mass is 16.1. The van der Waals surface area contributed by atoms with Crippen LogP contribution in [0.3, 0.4) is 0 Å². The average Bonchev–Trinajstić information content (AvgIpc) is 2.72. The minimum absolute atomic E-state index is 0.00852. The summed E-state index contributed by atoms with van der Waals surface area (Å²) in [6, 6.07) is 0.293. The molecule has 0 aliphatic heterocycles. The number of carbonyl (C=O) groups excluding carboxylic acids is 1. The van der Waals surface area contributed by atoms with E-state index in [-0.39, 0.29) is 5.91 Å². The maximum absolute atomic E-state index is 12.0. The molecule has 0 radical (unpaired) electrons. The number of aromatic nitrogens is 2. The van der Waals surface area contributed by atoms with E-state index < -0.39 is 0 Å². The van der Waals surface area contributed by atoms with Crippen LogP contribution in [-0.4, -0.2) is 22.1 Å². The normalized spacial score (nSPS) is 12.4. The fraction of sp³-hybridized carbons (Fsp3) is 0.692. The first-order valence-corrected chi connectivity index (χ1v) is 6.49. The van der Waals surface area contributed by atoms with Crippen molar-refractivity contribution in [2.24, 2.45) is 0 Å². The molecule has 0 saturated carbocycles. The Labute approximate surface area is 103 Å². The number of aromatic amines is 1. The summed E-state index contributed by atoms with van der Waals surface area (Å²) in [6.45, 7) is 6.18. The standard InChI is InChI=1S/C13H23N3O/c1-4-6-8-11(7-5-2)15-13(17)12-9-14-16-10(12)3/h9,11H,4-8H2,1-3H3,(H,14,16)(H,15,17). The number of carbonyl (C=O) groups is 1. The molecular formula is C13H23N3O. The van der Waals surface area contributed by atoms with Gasteiger partial charge in [0.2, 0.25) is 0 Å². The van der Waals surface area contributed by atoms with Crippen molar-refractivity contribution >= 4 is 5.91 Å². The molecule has 1 heterocycles. The van der Waals surface area contributed by atoms with Gasteiger partial charge in [0, 0.05) is 11.7 Å². The molecule has 1 unspecified atom stereocenters. The molecule has 17 heavy (non-hydrogen) atoms. The van der Waals surface area contributed by atoms with Gasteiger partial charge in [-0.3, -0.25) is 9.89 Å². The van der Waals surface area contributed by atoms with Crippen LogP contribution in [0, 0.1) is 6.92 Å². The number of hydrogen-bond donors (Lipinski definition) is 2. The zero-order valence-electron chi connectivity index (χ0n) is 11.0. The van der Waals surface area contributed by atoms with E-state index in [1.807, 2.05) is 6.92 Å². The summed E-state index contributed by atoms with van der Waals surface area (Å²) in [4.78, 5) is 12.0. The highest BCUT2D eigenvalue weighted by Gasteiger charge is 2.15. The summed E-state index contributed by atoms with van der Waals surface area (Å²) in [7, 11) is 0. The van der Waals surface area contributed by atoms with Gasteiger partial charge >= 0.3 is 0 Å². The second kappa shape index (κ2) is 7.09. The second-order valence-corrected chi connectivity index (χ2v) is 4.51. The molecular weight excluding hydrogens is 214 g/mol. The van der Waals surface area contributed by atoms with Gasteiger partial charge in [-0.25, -0.2) is 0 Å². The van der Waals surface area contributed by atoms with Crippen LogP contribution < -0.4 is 5.32 Å². The zero-order valence-corrected chi connectivity index (χ0v) is 11.0. The number of rotatable bonds is 7. The summed E-state index contributed by atoms with van der Waals surface area (Å²) in [5.41, 5.74) is 1.48. The highest BCUT2D eigenvalue weighted by Crippen LogP contribution is 2.09. The van der Waals surface area contributed by atoms with Crippen LogP contribution in [0.2, 0.25) is 0 Å². The lowest BCUT2D eigenvalue weighted by atomic mass is 10.0. The van der Waals surface area contributed by atoms with Crippen molar-refractivity contribution in [3.05, 3.63) is 17.5 Å². The van der Waals surface area contributed by atoms with Crippen molar-refractivity contribution in [2.75, 3.05) is 0 Å². The molecule has 1 amide bonds. The van der Waals surface area contributed by atoms with Crippen LogP contribution in [0.1, 0.15) is 62.0 Å². The molecule has 0 fully saturated rings. The van der Waals surface area contributed by atoms with E-state index in [0.29, 0.717) is 11.6 Å². The van der Waals surface area contributed by atoms with Crippen LogP contribution >= 0.6 is 0 Å². The molecule has 0 aromatic carbocycles. The highest BCUT2D eigenvalue weighted by molar-refractivity contribution is 5.95. The number of H-pyrrole nitrogens is 1. The molecule has 2 N–H and O–H groups in total. The SMILES string of the molecule is CCCCC(CCC)NC(=O)c1cn[nH]c1C. The first kappa shape index (κ1) is 13.7. The number of nitrogens with one attached hydrogen (secondary N) is 2. The molecule has 0 aliphatic rings. The lowest BCUT2D eigenvalue weighted by molar-refractivity contribution is 0.0931. The molecule has 4 heteroatoms. The Hall–Kier alpha value is -1.32. The molecule has 1 aromatic heterocycles. The Bertz CT molecular complexity index is 346. The first-order valence-electron chi connectivity index (χ1n) is 6.49. The summed E-state index contributed by atoms with van der Waals surface area (Å²) in [5.74, 6) is -0.00852. The molecule has 0 bridgehead atoms.